The highest BCUT2D eigenvalue weighted by Gasteiger charge is 2.18. The number of hydrogen-bond acceptors (Lipinski definition) is 5. The molecule has 1 heterocycles. The highest BCUT2D eigenvalue weighted by atomic mass is 35.5. The lowest BCUT2D eigenvalue weighted by Gasteiger charge is -2.28. The number of benzene rings is 1. The molecule has 0 aromatic heterocycles. The normalized spacial score (nSPS) is 14.5. The topological polar surface area (TPSA) is 48.0 Å². The minimum absolute atomic E-state index is 0.275. The zero-order valence-corrected chi connectivity index (χ0v) is 13.1. The van der Waals surface area contributed by atoms with Crippen molar-refractivity contribution in [2.24, 2.45) is 5.92 Å². The van der Waals surface area contributed by atoms with Gasteiger partial charge in [0.25, 0.3) is 0 Å². The molecule has 0 saturated heterocycles. The Morgan fingerprint density at radius 1 is 1.48 bits per heavy atom. The second-order valence-electron chi connectivity index (χ2n) is 5.34. The van der Waals surface area contributed by atoms with E-state index in [1.54, 1.807) is 12.1 Å². The molecule has 0 amide bonds. The summed E-state index contributed by atoms with van der Waals surface area (Å²) in [6.07, 6.45) is -0.691. The molecule has 0 radical (unpaired) electrons. The second kappa shape index (κ2) is 7.52. The van der Waals surface area contributed by atoms with Crippen LogP contribution in [0.5, 0.6) is 11.5 Å². The van der Waals surface area contributed by atoms with E-state index in [0.29, 0.717) is 25.0 Å². The van der Waals surface area contributed by atoms with E-state index in [0.717, 1.165) is 24.4 Å². The molecule has 0 spiro atoms. The molecular weight excluding hydrogens is 294 g/mol. The molecule has 0 atom stereocenters. The van der Waals surface area contributed by atoms with Crippen molar-refractivity contribution in [1.29, 1.82) is 0 Å². The Morgan fingerprint density at radius 3 is 3.00 bits per heavy atom. The van der Waals surface area contributed by atoms with Crippen molar-refractivity contribution in [2.45, 2.75) is 20.4 Å². The third-order valence-electron chi connectivity index (χ3n) is 2.97. The van der Waals surface area contributed by atoms with E-state index in [1.165, 1.54) is 0 Å². The maximum absolute atomic E-state index is 11.5. The highest BCUT2D eigenvalue weighted by Crippen LogP contribution is 2.29. The van der Waals surface area contributed by atoms with Gasteiger partial charge in [0.05, 0.1) is 6.61 Å². The van der Waals surface area contributed by atoms with Crippen molar-refractivity contribution in [3.8, 4) is 11.5 Å². The second-order valence-corrected chi connectivity index (χ2v) is 5.72. The van der Waals surface area contributed by atoms with Crippen molar-refractivity contribution < 1.29 is 19.0 Å². The van der Waals surface area contributed by atoms with Gasteiger partial charge in [-0.1, -0.05) is 19.9 Å². The van der Waals surface area contributed by atoms with Crippen LogP contribution >= 0.6 is 11.6 Å². The number of rotatable bonds is 5. The third kappa shape index (κ3) is 4.79. The van der Waals surface area contributed by atoms with E-state index in [1.807, 2.05) is 19.9 Å². The van der Waals surface area contributed by atoms with Crippen molar-refractivity contribution in [2.75, 3.05) is 25.8 Å². The van der Waals surface area contributed by atoms with Gasteiger partial charge in [-0.05, 0) is 12.0 Å². The zero-order chi connectivity index (χ0) is 15.2. The fourth-order valence-electron chi connectivity index (χ4n) is 1.93. The maximum atomic E-state index is 11.5. The molecule has 5 nitrogen and oxygen atoms in total. The summed E-state index contributed by atoms with van der Waals surface area (Å²) in [5.41, 5.74) is 1.05. The first-order chi connectivity index (χ1) is 10.1. The van der Waals surface area contributed by atoms with Crippen LogP contribution in [0.25, 0.3) is 0 Å². The first-order valence-electron chi connectivity index (χ1n) is 6.97. The fraction of sp³-hybridized carbons (Fsp3) is 0.533. The highest BCUT2D eigenvalue weighted by molar-refractivity contribution is 6.18. The van der Waals surface area contributed by atoms with Gasteiger partial charge in [0.1, 0.15) is 18.2 Å². The largest absolute Gasteiger partial charge is 0.513 e. The minimum atomic E-state index is -0.691. The Hall–Kier alpha value is -1.46. The molecular formula is C15H20ClNO4. The number of carbonyl (C=O) groups excluding carboxylic acids is 1. The first kappa shape index (κ1) is 15.9. The molecule has 1 aliphatic rings. The molecule has 1 aliphatic heterocycles. The Balaban J connectivity index is 1.94. The Kier molecular flexibility index (Phi) is 5.70. The van der Waals surface area contributed by atoms with E-state index < -0.39 is 6.16 Å². The summed E-state index contributed by atoms with van der Waals surface area (Å²) in [4.78, 5) is 13.6. The van der Waals surface area contributed by atoms with E-state index in [2.05, 4.69) is 4.90 Å². The lowest BCUT2D eigenvalue weighted by molar-refractivity contribution is 0.0872. The van der Waals surface area contributed by atoms with Gasteiger partial charge in [0.2, 0.25) is 0 Å². The number of halogens is 1. The molecule has 0 unspecified atom stereocenters. The number of alkyl halides is 1. The lowest BCUT2D eigenvalue weighted by atomic mass is 10.1. The van der Waals surface area contributed by atoms with Gasteiger partial charge in [-0.15, -0.1) is 11.6 Å². The van der Waals surface area contributed by atoms with E-state index in [4.69, 9.17) is 25.8 Å². The van der Waals surface area contributed by atoms with Gasteiger partial charge in [-0.25, -0.2) is 4.79 Å². The van der Waals surface area contributed by atoms with E-state index >= 15 is 0 Å². The average molecular weight is 314 g/mol. The van der Waals surface area contributed by atoms with Crippen LogP contribution in [0.1, 0.15) is 19.4 Å². The molecule has 0 saturated carbocycles. The number of carbonyl (C=O) groups is 1. The molecule has 116 valence electrons. The van der Waals surface area contributed by atoms with E-state index in [-0.39, 0.29) is 5.92 Å². The molecule has 0 bridgehead atoms. The summed E-state index contributed by atoms with van der Waals surface area (Å²) in [5.74, 6) is 2.00. The lowest BCUT2D eigenvalue weighted by Crippen LogP contribution is -2.33. The summed E-state index contributed by atoms with van der Waals surface area (Å²) in [5, 5.41) is 0. The van der Waals surface area contributed by atoms with Crippen molar-refractivity contribution in [1.82, 2.24) is 4.90 Å². The summed E-state index contributed by atoms with van der Waals surface area (Å²) >= 11 is 5.73. The van der Waals surface area contributed by atoms with Crippen LogP contribution in [0.15, 0.2) is 18.2 Å². The number of hydrogen-bond donors (Lipinski definition) is 0. The predicted molar refractivity (Wildman–Crippen MR) is 79.9 cm³/mol. The molecule has 21 heavy (non-hydrogen) atoms. The van der Waals surface area contributed by atoms with Crippen molar-refractivity contribution in [3.05, 3.63) is 23.8 Å². The smallest absolute Gasteiger partial charge is 0.478 e. The number of nitrogens with zero attached hydrogens (tertiary/aromatic N) is 1. The van der Waals surface area contributed by atoms with Crippen LogP contribution in [0.2, 0.25) is 0 Å². The third-order valence-corrected chi connectivity index (χ3v) is 3.14. The van der Waals surface area contributed by atoms with Gasteiger partial charge in [0.15, 0.2) is 0 Å². The Bertz CT molecular complexity index is 493. The molecule has 1 aromatic carbocycles. The van der Waals surface area contributed by atoms with Crippen LogP contribution in [0.3, 0.4) is 0 Å². The van der Waals surface area contributed by atoms with E-state index in [9.17, 15) is 4.79 Å². The standard InChI is InChI=1S/C15H20ClNO4/c1-11(2)9-19-15(18)21-13-4-3-12-8-17(6-5-16)10-20-14(12)7-13/h3-4,7,11H,5-6,8-10H2,1-2H3. The van der Waals surface area contributed by atoms with Crippen LogP contribution in [0.4, 0.5) is 4.79 Å². The number of ether oxygens (including phenoxy) is 3. The van der Waals surface area contributed by atoms with Gasteiger partial charge in [-0.3, -0.25) is 4.90 Å². The van der Waals surface area contributed by atoms with Crippen LogP contribution in [-0.4, -0.2) is 36.8 Å². The molecule has 6 heteroatoms. The predicted octanol–water partition coefficient (Wildman–Crippen LogP) is 3.25. The quantitative estimate of drug-likeness (QED) is 0.474. The Labute approximate surface area is 129 Å². The fourth-order valence-corrected chi connectivity index (χ4v) is 2.17. The molecule has 0 fully saturated rings. The van der Waals surface area contributed by atoms with Gasteiger partial charge in [-0.2, -0.15) is 0 Å². The zero-order valence-electron chi connectivity index (χ0n) is 12.3. The number of fused-ring (bicyclic) bond motifs is 1. The van der Waals surface area contributed by atoms with Crippen molar-refractivity contribution >= 4 is 17.8 Å². The van der Waals surface area contributed by atoms with Gasteiger partial charge in [0, 0.05) is 30.6 Å². The van der Waals surface area contributed by atoms with Crippen LogP contribution < -0.4 is 9.47 Å². The summed E-state index contributed by atoms with van der Waals surface area (Å²) in [7, 11) is 0. The minimum Gasteiger partial charge on any atom is -0.478 e. The molecule has 2 rings (SSSR count). The summed E-state index contributed by atoms with van der Waals surface area (Å²) in [6, 6.07) is 5.34. The summed E-state index contributed by atoms with van der Waals surface area (Å²) < 4.78 is 15.7. The summed E-state index contributed by atoms with van der Waals surface area (Å²) in [6.45, 7) is 6.31. The Morgan fingerprint density at radius 2 is 2.29 bits per heavy atom. The average Bonchev–Trinajstić information content (AvgIpc) is 2.45. The molecule has 0 N–H and O–H groups in total. The van der Waals surface area contributed by atoms with Gasteiger partial charge >= 0.3 is 6.16 Å². The van der Waals surface area contributed by atoms with Crippen LogP contribution in [-0.2, 0) is 11.3 Å². The monoisotopic (exact) mass is 313 g/mol. The van der Waals surface area contributed by atoms with Crippen LogP contribution in [0, 0.1) is 5.92 Å². The first-order valence-corrected chi connectivity index (χ1v) is 7.50. The molecule has 0 aliphatic carbocycles. The van der Waals surface area contributed by atoms with Crippen molar-refractivity contribution in [3.63, 3.8) is 0 Å². The molecule has 1 aromatic rings. The SMILES string of the molecule is CC(C)COC(=O)Oc1ccc2c(c1)OCN(CCCl)C2. The maximum Gasteiger partial charge on any atom is 0.513 e. The van der Waals surface area contributed by atoms with Gasteiger partial charge < -0.3 is 14.2 Å².